The van der Waals surface area contributed by atoms with Crippen LogP contribution in [0.1, 0.15) is 47.3 Å². The third-order valence-electron chi connectivity index (χ3n) is 2.95. The average Bonchev–Trinajstić information content (AvgIpc) is 2.52. The first-order valence-corrected chi connectivity index (χ1v) is 8.21. The molecule has 7 heteroatoms. The van der Waals surface area contributed by atoms with Gasteiger partial charge in [-0.25, -0.2) is 9.97 Å². The SMILES string of the molecule is CC(C)(C)NC(=O)c1cccc(CNC(=O)c2ncc(Br)cn2)c1. The first-order valence-electron chi connectivity index (χ1n) is 7.42. The molecule has 0 aliphatic heterocycles. The van der Waals surface area contributed by atoms with E-state index in [0.29, 0.717) is 10.0 Å². The second kappa shape index (κ2) is 7.53. The van der Waals surface area contributed by atoms with Crippen molar-refractivity contribution < 1.29 is 9.59 Å². The van der Waals surface area contributed by atoms with Gasteiger partial charge < -0.3 is 10.6 Å². The fourth-order valence-electron chi connectivity index (χ4n) is 1.93. The number of hydrogen-bond donors (Lipinski definition) is 2. The van der Waals surface area contributed by atoms with Crippen molar-refractivity contribution in [3.8, 4) is 0 Å². The molecule has 0 saturated carbocycles. The Morgan fingerprint density at radius 1 is 1.12 bits per heavy atom. The molecular weight excluding hydrogens is 372 g/mol. The lowest BCUT2D eigenvalue weighted by Crippen LogP contribution is -2.40. The van der Waals surface area contributed by atoms with Gasteiger partial charge in [0, 0.05) is 30.0 Å². The highest BCUT2D eigenvalue weighted by Gasteiger charge is 2.15. The van der Waals surface area contributed by atoms with E-state index >= 15 is 0 Å². The van der Waals surface area contributed by atoms with Crippen LogP contribution in [0.3, 0.4) is 0 Å². The summed E-state index contributed by atoms with van der Waals surface area (Å²) in [6.07, 6.45) is 3.03. The fourth-order valence-corrected chi connectivity index (χ4v) is 2.13. The van der Waals surface area contributed by atoms with Gasteiger partial charge in [0.15, 0.2) is 0 Å². The summed E-state index contributed by atoms with van der Waals surface area (Å²) < 4.78 is 0.705. The molecule has 24 heavy (non-hydrogen) atoms. The number of aromatic nitrogens is 2. The third kappa shape index (κ3) is 5.42. The molecule has 0 radical (unpaired) electrons. The summed E-state index contributed by atoms with van der Waals surface area (Å²) in [5, 5.41) is 5.65. The number of carbonyl (C=O) groups excluding carboxylic acids is 2. The minimum atomic E-state index is -0.368. The van der Waals surface area contributed by atoms with Crippen LogP contribution in [0.2, 0.25) is 0 Å². The van der Waals surface area contributed by atoms with E-state index in [1.165, 1.54) is 12.4 Å². The van der Waals surface area contributed by atoms with Crippen LogP contribution in [0.25, 0.3) is 0 Å². The number of benzene rings is 1. The Morgan fingerprint density at radius 3 is 2.42 bits per heavy atom. The Balaban J connectivity index is 2.00. The number of rotatable bonds is 4. The van der Waals surface area contributed by atoms with Gasteiger partial charge in [0.25, 0.3) is 11.8 Å². The maximum atomic E-state index is 12.2. The van der Waals surface area contributed by atoms with Crippen LogP contribution < -0.4 is 10.6 Å². The molecule has 0 fully saturated rings. The van der Waals surface area contributed by atoms with Gasteiger partial charge in [0.1, 0.15) is 0 Å². The Bertz CT molecular complexity index is 739. The summed E-state index contributed by atoms with van der Waals surface area (Å²) in [6.45, 7) is 6.06. The highest BCUT2D eigenvalue weighted by atomic mass is 79.9. The van der Waals surface area contributed by atoms with Gasteiger partial charge in [-0.1, -0.05) is 12.1 Å². The van der Waals surface area contributed by atoms with Crippen molar-refractivity contribution >= 4 is 27.7 Å². The smallest absolute Gasteiger partial charge is 0.289 e. The summed E-state index contributed by atoms with van der Waals surface area (Å²) in [7, 11) is 0. The molecule has 2 amide bonds. The normalized spacial score (nSPS) is 11.0. The van der Waals surface area contributed by atoms with Crippen molar-refractivity contribution in [2.24, 2.45) is 0 Å². The van der Waals surface area contributed by atoms with Crippen molar-refractivity contribution in [2.75, 3.05) is 0 Å². The van der Waals surface area contributed by atoms with E-state index in [4.69, 9.17) is 0 Å². The van der Waals surface area contributed by atoms with Gasteiger partial charge in [-0.2, -0.15) is 0 Å². The van der Waals surface area contributed by atoms with Gasteiger partial charge in [0.2, 0.25) is 5.82 Å². The molecule has 6 nitrogen and oxygen atoms in total. The van der Waals surface area contributed by atoms with E-state index in [0.717, 1.165) is 5.56 Å². The fraction of sp³-hybridized carbons (Fsp3) is 0.294. The summed E-state index contributed by atoms with van der Waals surface area (Å²) in [4.78, 5) is 32.1. The van der Waals surface area contributed by atoms with Crippen LogP contribution >= 0.6 is 15.9 Å². The zero-order chi connectivity index (χ0) is 17.7. The van der Waals surface area contributed by atoms with E-state index in [1.54, 1.807) is 18.2 Å². The molecule has 2 aromatic rings. The van der Waals surface area contributed by atoms with Crippen molar-refractivity contribution in [3.63, 3.8) is 0 Å². The summed E-state index contributed by atoms with van der Waals surface area (Å²) in [5.74, 6) is -0.418. The zero-order valence-corrected chi connectivity index (χ0v) is 15.3. The number of nitrogens with one attached hydrogen (secondary N) is 2. The largest absolute Gasteiger partial charge is 0.347 e. The van der Waals surface area contributed by atoms with Gasteiger partial charge in [-0.05, 0) is 54.4 Å². The highest BCUT2D eigenvalue weighted by Crippen LogP contribution is 2.09. The lowest BCUT2D eigenvalue weighted by molar-refractivity contribution is 0.0917. The zero-order valence-electron chi connectivity index (χ0n) is 13.8. The van der Waals surface area contributed by atoms with Gasteiger partial charge in [0.05, 0.1) is 4.47 Å². The molecule has 1 heterocycles. The first kappa shape index (κ1) is 18.1. The second-order valence-electron chi connectivity index (χ2n) is 6.31. The minimum absolute atomic E-state index is 0.0971. The molecular formula is C17H19BrN4O2. The van der Waals surface area contributed by atoms with E-state index in [1.807, 2.05) is 26.8 Å². The van der Waals surface area contributed by atoms with Crippen LogP contribution in [-0.2, 0) is 6.54 Å². The average molecular weight is 391 g/mol. The summed E-state index contributed by atoms with van der Waals surface area (Å²) in [6, 6.07) is 7.12. The molecule has 126 valence electrons. The quantitative estimate of drug-likeness (QED) is 0.840. The number of nitrogens with zero attached hydrogens (tertiary/aromatic N) is 2. The van der Waals surface area contributed by atoms with E-state index in [2.05, 4.69) is 36.5 Å². The van der Waals surface area contributed by atoms with Crippen LogP contribution in [0.15, 0.2) is 41.1 Å². The van der Waals surface area contributed by atoms with E-state index in [-0.39, 0.29) is 29.7 Å². The van der Waals surface area contributed by atoms with Crippen molar-refractivity contribution in [2.45, 2.75) is 32.9 Å². The monoisotopic (exact) mass is 390 g/mol. The van der Waals surface area contributed by atoms with E-state index < -0.39 is 0 Å². The second-order valence-corrected chi connectivity index (χ2v) is 7.23. The van der Waals surface area contributed by atoms with Crippen molar-refractivity contribution in [1.82, 2.24) is 20.6 Å². The number of hydrogen-bond acceptors (Lipinski definition) is 4. The molecule has 0 saturated heterocycles. The van der Waals surface area contributed by atoms with Crippen LogP contribution in [-0.4, -0.2) is 27.3 Å². The lowest BCUT2D eigenvalue weighted by atomic mass is 10.1. The molecule has 0 aliphatic carbocycles. The number of carbonyl (C=O) groups is 2. The first-order chi connectivity index (χ1) is 11.2. The molecule has 1 aromatic heterocycles. The number of amides is 2. The van der Waals surface area contributed by atoms with Crippen LogP contribution in [0.4, 0.5) is 0 Å². The minimum Gasteiger partial charge on any atom is -0.347 e. The Morgan fingerprint density at radius 2 is 1.79 bits per heavy atom. The topological polar surface area (TPSA) is 84.0 Å². The Labute approximate surface area is 149 Å². The molecule has 0 unspecified atom stereocenters. The highest BCUT2D eigenvalue weighted by molar-refractivity contribution is 9.10. The van der Waals surface area contributed by atoms with E-state index in [9.17, 15) is 9.59 Å². The Hall–Kier alpha value is -2.28. The number of halogens is 1. The Kier molecular flexibility index (Phi) is 5.66. The predicted molar refractivity (Wildman–Crippen MR) is 94.6 cm³/mol. The summed E-state index contributed by atoms with van der Waals surface area (Å²) in [5.41, 5.74) is 1.07. The van der Waals surface area contributed by atoms with Gasteiger partial charge in [-0.15, -0.1) is 0 Å². The molecule has 0 bridgehead atoms. The van der Waals surface area contributed by atoms with Crippen molar-refractivity contribution in [3.05, 3.63) is 58.1 Å². The molecule has 2 rings (SSSR count). The summed E-state index contributed by atoms with van der Waals surface area (Å²) >= 11 is 3.22. The molecule has 0 spiro atoms. The molecule has 0 atom stereocenters. The van der Waals surface area contributed by atoms with Crippen LogP contribution in [0, 0.1) is 0 Å². The standard InChI is InChI=1S/C17H19BrN4O2/c1-17(2,3)22-15(23)12-6-4-5-11(7-12)8-21-16(24)14-19-9-13(18)10-20-14/h4-7,9-10H,8H2,1-3H3,(H,21,24)(H,22,23). The van der Waals surface area contributed by atoms with Gasteiger partial charge in [-0.3, -0.25) is 9.59 Å². The van der Waals surface area contributed by atoms with Crippen molar-refractivity contribution in [1.29, 1.82) is 0 Å². The van der Waals surface area contributed by atoms with Gasteiger partial charge >= 0.3 is 0 Å². The lowest BCUT2D eigenvalue weighted by Gasteiger charge is -2.20. The van der Waals surface area contributed by atoms with Crippen LogP contribution in [0.5, 0.6) is 0 Å². The predicted octanol–water partition coefficient (Wildman–Crippen LogP) is 2.70. The molecule has 2 N–H and O–H groups in total. The molecule has 0 aliphatic rings. The maximum Gasteiger partial charge on any atom is 0.289 e. The maximum absolute atomic E-state index is 12.2. The molecule has 1 aromatic carbocycles. The third-order valence-corrected chi connectivity index (χ3v) is 3.36.